The van der Waals surface area contributed by atoms with E-state index in [0.717, 1.165) is 39.2 Å². The minimum atomic E-state index is -0.266. The van der Waals surface area contributed by atoms with Crippen LogP contribution in [0.25, 0.3) is 16.9 Å². The van der Waals surface area contributed by atoms with E-state index in [0.29, 0.717) is 36.9 Å². The molecule has 0 unspecified atom stereocenters. The molecule has 1 atom stereocenters. The van der Waals surface area contributed by atoms with Gasteiger partial charge in [-0.25, -0.2) is 4.68 Å². The van der Waals surface area contributed by atoms with Crippen molar-refractivity contribution >= 4 is 29.4 Å². The molecule has 0 spiro atoms. The zero-order chi connectivity index (χ0) is 29.9. The number of anilines is 1. The fourth-order valence-electron chi connectivity index (χ4n) is 5.44. The highest BCUT2D eigenvalue weighted by Crippen LogP contribution is 2.50. The molecular formula is C33H34N4O5S. The highest BCUT2D eigenvalue weighted by atomic mass is 32.2. The van der Waals surface area contributed by atoms with Gasteiger partial charge in [-0.3, -0.25) is 14.5 Å². The van der Waals surface area contributed by atoms with Crippen LogP contribution < -0.4 is 19.7 Å². The Morgan fingerprint density at radius 3 is 2.70 bits per heavy atom. The molecule has 1 N–H and O–H groups in total. The Labute approximate surface area is 255 Å². The molecule has 0 saturated carbocycles. The van der Waals surface area contributed by atoms with E-state index in [1.165, 1.54) is 11.8 Å². The number of amides is 2. The Hall–Kier alpha value is -4.28. The molecule has 2 aliphatic rings. The largest absolute Gasteiger partial charge is 0.454 e. The number of methoxy groups -OCH3 is 1. The van der Waals surface area contributed by atoms with Gasteiger partial charge in [-0.05, 0) is 55.2 Å². The Kier molecular flexibility index (Phi) is 8.40. The first-order chi connectivity index (χ1) is 21.0. The number of nitrogens with zero attached hydrogens (tertiary/aromatic N) is 3. The van der Waals surface area contributed by atoms with Gasteiger partial charge in [-0.2, -0.15) is 5.10 Å². The lowest BCUT2D eigenvalue weighted by Gasteiger charge is -2.24. The molecule has 1 aromatic heterocycles. The molecule has 222 valence electrons. The van der Waals surface area contributed by atoms with Gasteiger partial charge in [-0.1, -0.05) is 48.5 Å². The van der Waals surface area contributed by atoms with Crippen LogP contribution >= 0.6 is 11.8 Å². The van der Waals surface area contributed by atoms with E-state index in [1.54, 1.807) is 12.0 Å². The number of aromatic nitrogens is 2. The Morgan fingerprint density at radius 1 is 1.07 bits per heavy atom. The van der Waals surface area contributed by atoms with Crippen LogP contribution in [-0.2, 0) is 14.3 Å². The number of carbonyl (C=O) groups excluding carboxylic acids is 2. The van der Waals surface area contributed by atoms with Crippen LogP contribution in [0.1, 0.15) is 33.9 Å². The molecular weight excluding hydrogens is 564 g/mol. The van der Waals surface area contributed by atoms with Gasteiger partial charge in [0.05, 0.1) is 22.4 Å². The maximum absolute atomic E-state index is 14.0. The molecule has 6 rings (SSSR count). The second kappa shape index (κ2) is 12.5. The minimum Gasteiger partial charge on any atom is -0.454 e. The molecule has 0 radical (unpaired) electrons. The lowest BCUT2D eigenvalue weighted by atomic mass is 9.99. The van der Waals surface area contributed by atoms with Crippen LogP contribution in [0.3, 0.4) is 0 Å². The van der Waals surface area contributed by atoms with Crippen molar-refractivity contribution in [3.05, 3.63) is 89.0 Å². The summed E-state index contributed by atoms with van der Waals surface area (Å²) in [5.74, 6) is 1.75. The van der Waals surface area contributed by atoms with E-state index >= 15 is 0 Å². The first-order valence-electron chi connectivity index (χ1n) is 14.3. The van der Waals surface area contributed by atoms with Crippen molar-refractivity contribution in [1.82, 2.24) is 15.1 Å². The predicted octanol–water partition coefficient (Wildman–Crippen LogP) is 5.21. The SMILES string of the molecule is COCCCNC(=O)CN1C(=O)CS[C@H](c2ccc3c(c2)OCO3)c2c(-c3ccccc3)nn(-c3cccc(C)c3C)c21. The predicted molar refractivity (Wildman–Crippen MR) is 167 cm³/mol. The summed E-state index contributed by atoms with van der Waals surface area (Å²) >= 11 is 1.52. The summed E-state index contributed by atoms with van der Waals surface area (Å²) in [7, 11) is 1.63. The minimum absolute atomic E-state index is 0.127. The van der Waals surface area contributed by atoms with Gasteiger partial charge in [-0.15, -0.1) is 11.8 Å². The van der Waals surface area contributed by atoms with E-state index in [1.807, 2.05) is 65.3 Å². The molecule has 0 fully saturated rings. The third-order valence-corrected chi connectivity index (χ3v) is 9.04. The maximum atomic E-state index is 14.0. The first-order valence-corrected chi connectivity index (χ1v) is 15.3. The van der Waals surface area contributed by atoms with Gasteiger partial charge in [0.1, 0.15) is 12.4 Å². The summed E-state index contributed by atoms with van der Waals surface area (Å²) in [6.45, 7) is 5.16. The summed E-state index contributed by atoms with van der Waals surface area (Å²) in [6, 6.07) is 21.9. The first kappa shape index (κ1) is 28.8. The summed E-state index contributed by atoms with van der Waals surface area (Å²) in [6.07, 6.45) is 0.683. The van der Waals surface area contributed by atoms with Crippen LogP contribution in [0.15, 0.2) is 66.7 Å². The normalized spacial score (nSPS) is 15.7. The third kappa shape index (κ3) is 5.72. The summed E-state index contributed by atoms with van der Waals surface area (Å²) in [5, 5.41) is 7.89. The number of nitrogens with one attached hydrogen (secondary N) is 1. The van der Waals surface area contributed by atoms with Gasteiger partial charge in [0.25, 0.3) is 0 Å². The van der Waals surface area contributed by atoms with E-state index in [4.69, 9.17) is 19.3 Å². The van der Waals surface area contributed by atoms with Gasteiger partial charge < -0.3 is 19.5 Å². The molecule has 0 saturated heterocycles. The molecule has 3 heterocycles. The number of ether oxygens (including phenoxy) is 3. The maximum Gasteiger partial charge on any atom is 0.240 e. The molecule has 0 aliphatic carbocycles. The van der Waals surface area contributed by atoms with Crippen LogP contribution in [0, 0.1) is 13.8 Å². The topological polar surface area (TPSA) is 94.9 Å². The van der Waals surface area contributed by atoms with Crippen molar-refractivity contribution < 1.29 is 23.8 Å². The fraction of sp³-hybridized carbons (Fsp3) is 0.303. The van der Waals surface area contributed by atoms with Gasteiger partial charge >= 0.3 is 0 Å². The van der Waals surface area contributed by atoms with Gasteiger partial charge in [0.15, 0.2) is 11.5 Å². The quantitative estimate of drug-likeness (QED) is 0.265. The second-order valence-corrected chi connectivity index (χ2v) is 11.7. The smallest absolute Gasteiger partial charge is 0.240 e. The summed E-state index contributed by atoms with van der Waals surface area (Å²) in [4.78, 5) is 28.8. The lowest BCUT2D eigenvalue weighted by molar-refractivity contribution is -0.122. The number of hydrogen-bond acceptors (Lipinski definition) is 7. The van der Waals surface area contributed by atoms with Crippen molar-refractivity contribution in [2.45, 2.75) is 25.5 Å². The number of rotatable bonds is 9. The monoisotopic (exact) mass is 598 g/mol. The van der Waals surface area contributed by atoms with Crippen LogP contribution in [0.5, 0.6) is 11.5 Å². The molecule has 4 aromatic rings. The number of benzene rings is 3. The second-order valence-electron chi connectivity index (χ2n) is 10.6. The van der Waals surface area contributed by atoms with Crippen molar-refractivity contribution in [3.63, 3.8) is 0 Å². The number of fused-ring (bicyclic) bond motifs is 2. The average Bonchev–Trinajstić information content (AvgIpc) is 3.62. The molecule has 9 nitrogen and oxygen atoms in total. The number of aryl methyl sites for hydroxylation is 1. The highest BCUT2D eigenvalue weighted by molar-refractivity contribution is 8.00. The zero-order valence-corrected chi connectivity index (χ0v) is 25.3. The Balaban J connectivity index is 1.56. The number of hydrogen-bond donors (Lipinski definition) is 1. The van der Waals surface area contributed by atoms with Crippen LogP contribution in [0.4, 0.5) is 5.82 Å². The molecule has 0 bridgehead atoms. The molecule has 43 heavy (non-hydrogen) atoms. The number of thioether (sulfide) groups is 1. The number of carbonyl (C=O) groups is 2. The lowest BCUT2D eigenvalue weighted by Crippen LogP contribution is -2.42. The van der Waals surface area contributed by atoms with Crippen molar-refractivity contribution in [2.24, 2.45) is 0 Å². The van der Waals surface area contributed by atoms with Gasteiger partial charge in [0.2, 0.25) is 18.6 Å². The average molecular weight is 599 g/mol. The standard InChI is InChI=1S/C33H34N4O5S/c1-21-9-7-12-25(22(21)2)37-33-30(31(35-37)23-10-5-4-6-11-23)32(24-13-14-26-27(17-24)42-20-41-26)43-19-29(39)36(33)18-28(38)34-15-8-16-40-3/h4-7,9-14,17,32H,8,15-16,18-20H2,1-3H3,(H,34,38)/t32-/m1/s1. The molecule has 10 heteroatoms. The van der Waals surface area contributed by atoms with E-state index < -0.39 is 0 Å². The van der Waals surface area contributed by atoms with Crippen molar-refractivity contribution in [1.29, 1.82) is 0 Å². The molecule has 3 aromatic carbocycles. The molecule has 2 amide bonds. The fourth-order valence-corrected chi connectivity index (χ4v) is 6.63. The highest BCUT2D eigenvalue weighted by Gasteiger charge is 2.38. The third-order valence-electron chi connectivity index (χ3n) is 7.79. The van der Waals surface area contributed by atoms with E-state index in [9.17, 15) is 9.59 Å². The Bertz CT molecular complexity index is 1650. The van der Waals surface area contributed by atoms with Crippen LogP contribution in [0.2, 0.25) is 0 Å². The zero-order valence-electron chi connectivity index (χ0n) is 24.5. The summed E-state index contributed by atoms with van der Waals surface area (Å²) < 4.78 is 18.3. The van der Waals surface area contributed by atoms with E-state index in [2.05, 4.69) is 25.2 Å². The van der Waals surface area contributed by atoms with Crippen molar-refractivity contribution in [3.8, 4) is 28.4 Å². The Morgan fingerprint density at radius 2 is 1.88 bits per heavy atom. The van der Waals surface area contributed by atoms with Crippen LogP contribution in [-0.4, -0.2) is 60.9 Å². The summed E-state index contributed by atoms with van der Waals surface area (Å²) in [5.41, 5.74) is 6.51. The van der Waals surface area contributed by atoms with E-state index in [-0.39, 0.29) is 36.2 Å². The van der Waals surface area contributed by atoms with Crippen molar-refractivity contribution in [2.75, 3.05) is 44.3 Å². The molecule has 2 aliphatic heterocycles. The van der Waals surface area contributed by atoms with Gasteiger partial charge in [0, 0.05) is 31.4 Å².